The Bertz CT molecular complexity index is 1360. The first-order valence-corrected chi connectivity index (χ1v) is 11.3. The van der Waals surface area contributed by atoms with E-state index in [9.17, 15) is 13.2 Å². The van der Waals surface area contributed by atoms with Gasteiger partial charge in [0.1, 0.15) is 6.04 Å². The predicted molar refractivity (Wildman–Crippen MR) is 119 cm³/mol. The van der Waals surface area contributed by atoms with Crippen molar-refractivity contribution < 1.29 is 22.0 Å². The van der Waals surface area contributed by atoms with Gasteiger partial charge >= 0.3 is 5.92 Å². The molecule has 1 unspecified atom stereocenters. The van der Waals surface area contributed by atoms with Crippen LogP contribution in [0, 0.1) is 0 Å². The molecule has 4 aromatic rings. The number of rotatable bonds is 7. The number of Topliss-reactive ketones (excluding diaryl/α,β-unsaturated/α-hetero) is 1. The molecule has 0 aliphatic rings. The van der Waals surface area contributed by atoms with Crippen LogP contribution in [-0.4, -0.2) is 20.1 Å². The van der Waals surface area contributed by atoms with E-state index in [-0.39, 0.29) is 16.0 Å². The monoisotopic (exact) mass is 451 g/mol. The number of fused-ring (bicyclic) bond motifs is 1. The molecule has 1 atom stereocenters. The van der Waals surface area contributed by atoms with E-state index in [4.69, 9.17) is 0 Å². The van der Waals surface area contributed by atoms with Crippen LogP contribution in [0.5, 0.6) is 0 Å². The second-order valence-electron chi connectivity index (χ2n) is 7.29. The highest BCUT2D eigenvalue weighted by atomic mass is 32.2. The van der Waals surface area contributed by atoms with Crippen LogP contribution in [0.3, 0.4) is 0 Å². The van der Waals surface area contributed by atoms with Gasteiger partial charge in [-0.1, -0.05) is 84.9 Å². The molecule has 4 aromatic carbocycles. The number of ketones is 1. The maximum absolute atomic E-state index is 15.6. The molecular formula is C25H19F2NO3S. The summed E-state index contributed by atoms with van der Waals surface area (Å²) in [5.74, 6) is -5.51. The van der Waals surface area contributed by atoms with Gasteiger partial charge in [0, 0.05) is 5.56 Å². The first kappa shape index (κ1) is 21.8. The Labute approximate surface area is 184 Å². The zero-order valence-corrected chi connectivity index (χ0v) is 17.6. The first-order chi connectivity index (χ1) is 15.3. The molecule has 7 heteroatoms. The first-order valence-electron chi connectivity index (χ1n) is 9.83. The number of nitrogens with one attached hydrogen (secondary N) is 1. The Morgan fingerprint density at radius 2 is 1.31 bits per heavy atom. The van der Waals surface area contributed by atoms with Gasteiger partial charge in [0.25, 0.3) is 0 Å². The number of carbonyl (C=O) groups is 1. The van der Waals surface area contributed by atoms with Gasteiger partial charge in [-0.05, 0) is 34.5 Å². The highest BCUT2D eigenvalue weighted by Gasteiger charge is 2.50. The summed E-state index contributed by atoms with van der Waals surface area (Å²) in [5.41, 5.74) is -0.223. The maximum atomic E-state index is 15.6. The molecule has 0 aliphatic heterocycles. The van der Waals surface area contributed by atoms with Crippen LogP contribution in [0.25, 0.3) is 10.8 Å². The van der Waals surface area contributed by atoms with Crippen LogP contribution >= 0.6 is 0 Å². The molecule has 0 saturated carbocycles. The number of hydrogen-bond acceptors (Lipinski definition) is 3. The summed E-state index contributed by atoms with van der Waals surface area (Å²) in [4.78, 5) is 12.8. The maximum Gasteiger partial charge on any atom is 0.329 e. The van der Waals surface area contributed by atoms with E-state index in [0.717, 1.165) is 5.39 Å². The SMILES string of the molecule is O=C(c1ccc2ccccc2c1)C(F)(F)C(NS(=O)(=O)c1ccccc1)c1ccccc1. The van der Waals surface area contributed by atoms with Gasteiger partial charge in [0.05, 0.1) is 4.90 Å². The lowest BCUT2D eigenvalue weighted by Crippen LogP contribution is -2.45. The van der Waals surface area contributed by atoms with Crippen molar-refractivity contribution >= 4 is 26.6 Å². The Morgan fingerprint density at radius 1 is 0.750 bits per heavy atom. The van der Waals surface area contributed by atoms with E-state index < -0.39 is 27.8 Å². The summed E-state index contributed by atoms with van der Waals surface area (Å²) in [5, 5.41) is 1.44. The fourth-order valence-corrected chi connectivity index (χ4v) is 4.72. The molecule has 32 heavy (non-hydrogen) atoms. The normalized spacial score (nSPS) is 13.1. The summed E-state index contributed by atoms with van der Waals surface area (Å²) in [6.45, 7) is 0. The van der Waals surface area contributed by atoms with Crippen molar-refractivity contribution in [2.45, 2.75) is 16.9 Å². The van der Waals surface area contributed by atoms with E-state index >= 15 is 8.78 Å². The van der Waals surface area contributed by atoms with Gasteiger partial charge < -0.3 is 0 Å². The van der Waals surface area contributed by atoms with Gasteiger partial charge in [0.15, 0.2) is 0 Å². The molecule has 162 valence electrons. The van der Waals surface area contributed by atoms with Crippen molar-refractivity contribution in [3.05, 3.63) is 114 Å². The van der Waals surface area contributed by atoms with Gasteiger partial charge in [-0.25, -0.2) is 8.42 Å². The molecule has 0 fully saturated rings. The minimum absolute atomic E-state index is 0.0221. The molecule has 0 heterocycles. The number of alkyl halides is 2. The Hall–Kier alpha value is -3.42. The molecule has 0 spiro atoms. The van der Waals surface area contributed by atoms with Crippen molar-refractivity contribution in [1.29, 1.82) is 0 Å². The van der Waals surface area contributed by atoms with Crippen LogP contribution in [0.15, 0.2) is 108 Å². The smallest absolute Gasteiger partial charge is 0.287 e. The largest absolute Gasteiger partial charge is 0.329 e. The second kappa shape index (κ2) is 8.61. The van der Waals surface area contributed by atoms with Gasteiger partial charge in [-0.3, -0.25) is 4.79 Å². The molecular weight excluding hydrogens is 432 g/mol. The Kier molecular flexibility index (Phi) is 5.86. The highest BCUT2D eigenvalue weighted by molar-refractivity contribution is 7.89. The molecule has 4 rings (SSSR count). The van der Waals surface area contributed by atoms with Gasteiger partial charge in [-0.15, -0.1) is 0 Å². The third-order valence-corrected chi connectivity index (χ3v) is 6.58. The number of halogens is 2. The summed E-state index contributed by atoms with van der Waals surface area (Å²) in [6.07, 6.45) is 0. The lowest BCUT2D eigenvalue weighted by atomic mass is 9.93. The van der Waals surface area contributed by atoms with Crippen LogP contribution < -0.4 is 4.72 Å². The third kappa shape index (κ3) is 4.30. The predicted octanol–water partition coefficient (Wildman–Crippen LogP) is 5.38. The van der Waals surface area contributed by atoms with E-state index in [0.29, 0.717) is 5.39 Å². The topological polar surface area (TPSA) is 63.2 Å². The fourth-order valence-electron chi connectivity index (χ4n) is 3.47. The van der Waals surface area contributed by atoms with Crippen molar-refractivity contribution in [1.82, 2.24) is 4.72 Å². The minimum Gasteiger partial charge on any atom is -0.287 e. The van der Waals surface area contributed by atoms with E-state index in [1.807, 2.05) is 12.1 Å². The van der Waals surface area contributed by atoms with Crippen LogP contribution in [0.4, 0.5) is 8.78 Å². The standard InChI is InChI=1S/C25H19F2NO3S/c26-25(27,24(29)21-16-15-18-9-7-8-12-20(18)17-21)23(19-10-3-1-4-11-19)28-32(30,31)22-13-5-2-6-14-22/h1-17,23,28H. The van der Waals surface area contributed by atoms with E-state index in [1.165, 1.54) is 60.7 Å². The highest BCUT2D eigenvalue weighted by Crippen LogP contribution is 2.36. The number of benzene rings is 4. The van der Waals surface area contributed by atoms with Gasteiger partial charge in [-0.2, -0.15) is 13.5 Å². The Balaban J connectivity index is 1.76. The lowest BCUT2D eigenvalue weighted by Gasteiger charge is -2.27. The zero-order valence-electron chi connectivity index (χ0n) is 16.8. The molecule has 0 radical (unpaired) electrons. The molecule has 0 aromatic heterocycles. The lowest BCUT2D eigenvalue weighted by molar-refractivity contribution is -0.0110. The molecule has 1 N–H and O–H groups in total. The minimum atomic E-state index is -4.32. The summed E-state index contributed by atoms with van der Waals surface area (Å²) >= 11 is 0. The summed E-state index contributed by atoms with van der Waals surface area (Å²) in [6, 6.07) is 23.9. The van der Waals surface area contributed by atoms with E-state index in [2.05, 4.69) is 4.72 Å². The van der Waals surface area contributed by atoms with Crippen LogP contribution in [0.1, 0.15) is 22.0 Å². The zero-order chi connectivity index (χ0) is 22.8. The van der Waals surface area contributed by atoms with Crippen LogP contribution in [0.2, 0.25) is 0 Å². The molecule has 0 amide bonds. The number of sulfonamides is 1. The quantitative estimate of drug-likeness (QED) is 0.384. The fraction of sp³-hybridized carbons (Fsp3) is 0.0800. The van der Waals surface area contributed by atoms with E-state index in [1.54, 1.807) is 30.3 Å². The Morgan fingerprint density at radius 3 is 1.97 bits per heavy atom. The number of hydrogen-bond donors (Lipinski definition) is 1. The molecule has 0 saturated heterocycles. The molecule has 0 bridgehead atoms. The van der Waals surface area contributed by atoms with Crippen molar-refractivity contribution in [2.24, 2.45) is 0 Å². The average molecular weight is 451 g/mol. The summed E-state index contributed by atoms with van der Waals surface area (Å²) in [7, 11) is -4.32. The van der Waals surface area contributed by atoms with Gasteiger partial charge in [0.2, 0.25) is 15.8 Å². The van der Waals surface area contributed by atoms with Crippen LogP contribution in [-0.2, 0) is 10.0 Å². The van der Waals surface area contributed by atoms with Crippen molar-refractivity contribution in [2.75, 3.05) is 0 Å². The summed E-state index contributed by atoms with van der Waals surface area (Å²) < 4.78 is 59.0. The third-order valence-electron chi connectivity index (χ3n) is 5.14. The molecule has 4 nitrogen and oxygen atoms in total. The average Bonchev–Trinajstić information content (AvgIpc) is 2.83. The van der Waals surface area contributed by atoms with Crippen molar-refractivity contribution in [3.8, 4) is 0 Å². The van der Waals surface area contributed by atoms with Crippen molar-refractivity contribution in [3.63, 3.8) is 0 Å². The number of carbonyl (C=O) groups excluding carboxylic acids is 1. The second-order valence-corrected chi connectivity index (χ2v) is 9.01. The molecule has 0 aliphatic carbocycles.